The fourth-order valence-corrected chi connectivity index (χ4v) is 9.70. The van der Waals surface area contributed by atoms with Crippen LogP contribution < -0.4 is 16.4 Å². The molecule has 0 unspecified atom stereocenters. The minimum absolute atomic E-state index is 0.127. The summed E-state index contributed by atoms with van der Waals surface area (Å²) in [5, 5.41) is 10.4. The Kier molecular flexibility index (Phi) is 4.71. The molecule has 0 aliphatic carbocycles. The molecule has 49 heavy (non-hydrogen) atoms. The zero-order chi connectivity index (χ0) is 32.1. The highest BCUT2D eigenvalue weighted by molar-refractivity contribution is 7.00. The van der Waals surface area contributed by atoms with Crippen LogP contribution in [0.2, 0.25) is 0 Å². The van der Waals surface area contributed by atoms with Crippen molar-refractivity contribution in [1.82, 2.24) is 9.13 Å². The van der Waals surface area contributed by atoms with E-state index in [1.807, 2.05) is 0 Å². The predicted octanol–water partition coefficient (Wildman–Crippen LogP) is 9.61. The molecule has 4 heterocycles. The van der Waals surface area contributed by atoms with Gasteiger partial charge in [0.2, 0.25) is 0 Å². The molecule has 0 saturated heterocycles. The van der Waals surface area contributed by atoms with Gasteiger partial charge in [-0.25, -0.2) is 0 Å². The molecule has 226 valence electrons. The lowest BCUT2D eigenvalue weighted by Crippen LogP contribution is -2.59. The first-order chi connectivity index (χ1) is 24.1. The maximum absolute atomic E-state index is 2.60. The molecule has 0 saturated carbocycles. The van der Waals surface area contributed by atoms with E-state index in [9.17, 15) is 0 Å². The average Bonchev–Trinajstić information content (AvgIpc) is 3.63. The van der Waals surface area contributed by atoms with Gasteiger partial charge in [0.15, 0.2) is 0 Å². The van der Waals surface area contributed by atoms with Crippen molar-refractivity contribution in [2.75, 3.05) is 0 Å². The van der Waals surface area contributed by atoms with E-state index in [4.69, 9.17) is 0 Å². The van der Waals surface area contributed by atoms with Gasteiger partial charge in [-0.05, 0) is 110 Å². The van der Waals surface area contributed by atoms with Crippen LogP contribution in [-0.2, 0) is 0 Å². The van der Waals surface area contributed by atoms with Crippen LogP contribution >= 0.6 is 0 Å². The van der Waals surface area contributed by atoms with E-state index in [0.717, 1.165) is 0 Å². The van der Waals surface area contributed by atoms with Crippen LogP contribution in [0.25, 0.3) is 87.7 Å². The highest BCUT2D eigenvalue weighted by Gasteiger charge is 2.41. The Labute approximate surface area is 283 Å². The third-order valence-corrected chi connectivity index (χ3v) is 11.7. The van der Waals surface area contributed by atoms with Gasteiger partial charge in [0.05, 0.1) is 11.0 Å². The van der Waals surface area contributed by atoms with Crippen molar-refractivity contribution in [3.05, 3.63) is 151 Å². The first-order valence-electron chi connectivity index (χ1n) is 17.3. The van der Waals surface area contributed by atoms with Crippen LogP contribution in [0.4, 0.5) is 0 Å². The standard InChI is InChI=1S/C46H29BN2/c1-26-10-7-11-27(2)43(26)32-24-41-44-42(25-32)49-40-23-31-15-6-4-13-29(31)21-36(40)34-17-9-19-38(46(34)49)47(44)37-18-8-16-33-35-20-28-12-3-5-14-30(28)22-39(35)48(41)45(33)37/h3-25H,1-2H3. The van der Waals surface area contributed by atoms with E-state index in [-0.39, 0.29) is 6.71 Å². The molecule has 3 heteroatoms. The number of nitrogens with zero attached hydrogens (tertiary/aromatic N) is 2. The highest BCUT2D eigenvalue weighted by Crippen LogP contribution is 2.42. The molecule has 0 amide bonds. The van der Waals surface area contributed by atoms with Crippen molar-refractivity contribution in [3.63, 3.8) is 0 Å². The minimum atomic E-state index is 0.127. The number of benzene rings is 8. The third kappa shape index (κ3) is 3.14. The smallest absolute Gasteiger partial charge is 0.252 e. The van der Waals surface area contributed by atoms with Gasteiger partial charge in [-0.15, -0.1) is 0 Å². The summed E-state index contributed by atoms with van der Waals surface area (Å²) >= 11 is 0. The molecule has 10 aromatic rings. The first kappa shape index (κ1) is 26.0. The van der Waals surface area contributed by atoms with Crippen molar-refractivity contribution in [2.24, 2.45) is 0 Å². The first-order valence-corrected chi connectivity index (χ1v) is 17.3. The van der Waals surface area contributed by atoms with Crippen LogP contribution in [0.1, 0.15) is 11.1 Å². The zero-order valence-corrected chi connectivity index (χ0v) is 27.3. The molecular weight excluding hydrogens is 591 g/mol. The quantitative estimate of drug-likeness (QED) is 0.162. The largest absolute Gasteiger partial charge is 0.310 e. The molecule has 12 rings (SSSR count). The van der Waals surface area contributed by atoms with Gasteiger partial charge in [-0.3, -0.25) is 0 Å². The van der Waals surface area contributed by atoms with Crippen LogP contribution in [-0.4, -0.2) is 15.8 Å². The Balaban J connectivity index is 1.33. The Morgan fingerprint density at radius 2 is 0.878 bits per heavy atom. The average molecular weight is 621 g/mol. The Morgan fingerprint density at radius 3 is 1.37 bits per heavy atom. The summed E-state index contributed by atoms with van der Waals surface area (Å²) in [5.41, 5.74) is 17.2. The van der Waals surface area contributed by atoms with E-state index in [1.165, 1.54) is 115 Å². The van der Waals surface area contributed by atoms with Gasteiger partial charge in [0.1, 0.15) is 0 Å². The second kappa shape index (κ2) is 8.89. The van der Waals surface area contributed by atoms with Gasteiger partial charge in [-0.2, -0.15) is 0 Å². The summed E-state index contributed by atoms with van der Waals surface area (Å²) in [7, 11) is 0. The predicted molar refractivity (Wildman–Crippen MR) is 210 cm³/mol. The number of fused-ring (bicyclic) bond motifs is 12. The molecular formula is C46H29BN2. The van der Waals surface area contributed by atoms with E-state index >= 15 is 0 Å². The van der Waals surface area contributed by atoms with Crippen molar-refractivity contribution in [2.45, 2.75) is 13.8 Å². The third-order valence-electron chi connectivity index (χ3n) is 11.7. The normalized spacial score (nSPS) is 13.1. The lowest BCUT2D eigenvalue weighted by atomic mass is 9.34. The van der Waals surface area contributed by atoms with E-state index in [1.54, 1.807) is 0 Å². The molecule has 0 fully saturated rings. The number of hydrogen-bond donors (Lipinski definition) is 0. The Hall–Kier alpha value is -6.06. The summed E-state index contributed by atoms with van der Waals surface area (Å²) in [6.45, 7) is 4.64. The second-order valence-electron chi connectivity index (χ2n) is 14.2. The van der Waals surface area contributed by atoms with Crippen molar-refractivity contribution in [1.29, 1.82) is 0 Å². The van der Waals surface area contributed by atoms with Crippen LogP contribution in [0.15, 0.2) is 140 Å². The molecule has 0 atom stereocenters. The molecule has 8 aromatic carbocycles. The van der Waals surface area contributed by atoms with Crippen molar-refractivity contribution in [3.8, 4) is 22.5 Å². The van der Waals surface area contributed by atoms with Gasteiger partial charge in [-0.1, -0.05) is 103 Å². The minimum Gasteiger partial charge on any atom is -0.310 e. The van der Waals surface area contributed by atoms with E-state index in [0.29, 0.717) is 0 Å². The van der Waals surface area contributed by atoms with Gasteiger partial charge in [0, 0.05) is 44.0 Å². The van der Waals surface area contributed by atoms with E-state index in [2.05, 4.69) is 163 Å². The number of aryl methyl sites for hydroxylation is 2. The molecule has 0 N–H and O–H groups in total. The van der Waals surface area contributed by atoms with Crippen LogP contribution in [0.3, 0.4) is 0 Å². The molecule has 2 aromatic heterocycles. The van der Waals surface area contributed by atoms with Crippen LogP contribution in [0, 0.1) is 13.8 Å². The fraction of sp³-hybridized carbons (Fsp3) is 0.0435. The lowest BCUT2D eigenvalue weighted by Gasteiger charge is -2.34. The van der Waals surface area contributed by atoms with E-state index < -0.39 is 0 Å². The fourth-order valence-electron chi connectivity index (χ4n) is 9.70. The molecule has 2 aliphatic heterocycles. The van der Waals surface area contributed by atoms with Crippen molar-refractivity contribution >= 4 is 88.3 Å². The SMILES string of the molecule is Cc1cccc(C)c1-c1cc2c3c(c1)-n1c4cc5ccccc5cc4c4cccc(c41)B3c1cccc3c4cc5ccccc5cc4n-2c13. The zero-order valence-electron chi connectivity index (χ0n) is 27.3. The van der Waals surface area contributed by atoms with Gasteiger partial charge in [0.25, 0.3) is 6.71 Å². The summed E-state index contributed by atoms with van der Waals surface area (Å²) in [6, 6.07) is 52.9. The van der Waals surface area contributed by atoms with Crippen LogP contribution in [0.5, 0.6) is 0 Å². The molecule has 0 bridgehead atoms. The maximum Gasteiger partial charge on any atom is 0.252 e. The molecule has 0 radical (unpaired) electrons. The van der Waals surface area contributed by atoms with Crippen molar-refractivity contribution < 1.29 is 0 Å². The second-order valence-corrected chi connectivity index (χ2v) is 14.2. The van der Waals surface area contributed by atoms with Gasteiger partial charge >= 0.3 is 0 Å². The molecule has 2 nitrogen and oxygen atoms in total. The summed E-state index contributed by atoms with van der Waals surface area (Å²) in [6.07, 6.45) is 0. The van der Waals surface area contributed by atoms with Gasteiger partial charge < -0.3 is 9.13 Å². The number of aromatic nitrogens is 2. The monoisotopic (exact) mass is 620 g/mol. The Morgan fingerprint density at radius 1 is 0.429 bits per heavy atom. The Bertz CT molecular complexity index is 2940. The number of para-hydroxylation sites is 2. The number of rotatable bonds is 1. The summed E-state index contributed by atoms with van der Waals surface area (Å²) in [5.74, 6) is 0. The number of hydrogen-bond acceptors (Lipinski definition) is 0. The summed E-state index contributed by atoms with van der Waals surface area (Å²) < 4.78 is 5.20. The lowest BCUT2D eigenvalue weighted by molar-refractivity contribution is 1.14. The highest BCUT2D eigenvalue weighted by atomic mass is 15.0. The molecule has 2 aliphatic rings. The summed E-state index contributed by atoms with van der Waals surface area (Å²) in [4.78, 5) is 0. The molecule has 0 spiro atoms. The topological polar surface area (TPSA) is 9.86 Å². The maximum atomic E-state index is 2.60.